The van der Waals surface area contributed by atoms with Crippen LogP contribution in [0.3, 0.4) is 0 Å². The highest BCUT2D eigenvalue weighted by molar-refractivity contribution is 6.03. The number of carbonyl (C=O) groups excluding carboxylic acids is 2. The summed E-state index contributed by atoms with van der Waals surface area (Å²) in [4.78, 5) is 24.6. The van der Waals surface area contributed by atoms with Crippen LogP contribution in [0.15, 0.2) is 36.4 Å². The molecule has 0 heterocycles. The van der Waals surface area contributed by atoms with Crippen molar-refractivity contribution in [2.45, 2.75) is 51.6 Å². The van der Waals surface area contributed by atoms with Crippen molar-refractivity contribution in [2.75, 3.05) is 6.61 Å². The van der Waals surface area contributed by atoms with Gasteiger partial charge in [-0.1, -0.05) is 24.1 Å². The standard InChI is InChI=1S/C19H24O4/c1-14(2)12-13-22-18(20)16-10-6-7-11-17(16)19(21)23-15-8-4-3-5-9-15/h6-7,10-11,15H,1,3-5,8-9,12-13H2,2H3. The molecule has 1 aliphatic rings. The first kappa shape index (κ1) is 17.3. The number of hydrogen-bond donors (Lipinski definition) is 0. The van der Waals surface area contributed by atoms with Gasteiger partial charge in [0.15, 0.2) is 0 Å². The fourth-order valence-corrected chi connectivity index (χ4v) is 2.63. The number of hydrogen-bond acceptors (Lipinski definition) is 4. The molecule has 0 aromatic heterocycles. The molecule has 2 rings (SSSR count). The molecule has 124 valence electrons. The zero-order chi connectivity index (χ0) is 16.7. The van der Waals surface area contributed by atoms with Crippen LogP contribution >= 0.6 is 0 Å². The Bertz CT molecular complexity index is 570. The van der Waals surface area contributed by atoms with Gasteiger partial charge in [-0.3, -0.25) is 0 Å². The number of rotatable bonds is 6. The molecule has 1 aromatic rings. The van der Waals surface area contributed by atoms with Crippen LogP contribution in [0.1, 0.15) is 66.2 Å². The summed E-state index contributed by atoms with van der Waals surface area (Å²) in [6.45, 7) is 5.91. The second-order valence-corrected chi connectivity index (χ2v) is 6.05. The summed E-state index contributed by atoms with van der Waals surface area (Å²) >= 11 is 0. The normalized spacial score (nSPS) is 15.0. The van der Waals surface area contributed by atoms with E-state index in [9.17, 15) is 9.59 Å². The number of benzene rings is 1. The molecule has 23 heavy (non-hydrogen) atoms. The third-order valence-electron chi connectivity index (χ3n) is 3.95. The lowest BCUT2D eigenvalue weighted by Gasteiger charge is -2.22. The van der Waals surface area contributed by atoms with Gasteiger partial charge < -0.3 is 9.47 Å². The summed E-state index contributed by atoms with van der Waals surface area (Å²) in [5, 5.41) is 0. The Morgan fingerprint density at radius 3 is 2.30 bits per heavy atom. The van der Waals surface area contributed by atoms with Crippen molar-refractivity contribution in [2.24, 2.45) is 0 Å². The van der Waals surface area contributed by atoms with Crippen molar-refractivity contribution in [3.63, 3.8) is 0 Å². The summed E-state index contributed by atoms with van der Waals surface area (Å²) < 4.78 is 10.8. The lowest BCUT2D eigenvalue weighted by Crippen LogP contribution is -2.22. The van der Waals surface area contributed by atoms with E-state index in [-0.39, 0.29) is 23.8 Å². The van der Waals surface area contributed by atoms with Crippen molar-refractivity contribution < 1.29 is 19.1 Å². The zero-order valence-corrected chi connectivity index (χ0v) is 13.7. The molecule has 4 heteroatoms. The molecule has 0 N–H and O–H groups in total. The minimum atomic E-state index is -0.498. The molecule has 0 amide bonds. The van der Waals surface area contributed by atoms with Gasteiger partial charge in [-0.15, -0.1) is 6.58 Å². The second-order valence-electron chi connectivity index (χ2n) is 6.05. The zero-order valence-electron chi connectivity index (χ0n) is 13.7. The van der Waals surface area contributed by atoms with Gasteiger partial charge in [-0.25, -0.2) is 9.59 Å². The van der Waals surface area contributed by atoms with Crippen molar-refractivity contribution >= 4 is 11.9 Å². The maximum atomic E-state index is 12.4. The Hall–Kier alpha value is -2.10. The van der Waals surface area contributed by atoms with Crippen LogP contribution in [0.5, 0.6) is 0 Å². The van der Waals surface area contributed by atoms with Gasteiger partial charge >= 0.3 is 11.9 Å². The fourth-order valence-electron chi connectivity index (χ4n) is 2.63. The Balaban J connectivity index is 2.02. The van der Waals surface area contributed by atoms with Crippen LogP contribution < -0.4 is 0 Å². The summed E-state index contributed by atoms with van der Waals surface area (Å²) in [6.07, 6.45) is 5.74. The highest BCUT2D eigenvalue weighted by Crippen LogP contribution is 2.22. The van der Waals surface area contributed by atoms with E-state index in [1.807, 2.05) is 6.92 Å². The quantitative estimate of drug-likeness (QED) is 0.580. The van der Waals surface area contributed by atoms with Gasteiger partial charge in [0, 0.05) is 6.42 Å². The second kappa shape index (κ2) is 8.51. The third-order valence-corrected chi connectivity index (χ3v) is 3.95. The molecule has 1 aliphatic carbocycles. The minimum Gasteiger partial charge on any atom is -0.462 e. The molecule has 0 radical (unpaired) electrons. The predicted octanol–water partition coefficient (Wildman–Crippen LogP) is 4.30. The molecule has 0 unspecified atom stereocenters. The topological polar surface area (TPSA) is 52.6 Å². The Kier molecular flexibility index (Phi) is 6.39. The summed E-state index contributed by atoms with van der Waals surface area (Å²) in [6, 6.07) is 6.65. The Morgan fingerprint density at radius 1 is 1.09 bits per heavy atom. The molecular formula is C19H24O4. The SMILES string of the molecule is C=C(C)CCOC(=O)c1ccccc1C(=O)OC1CCCCC1. The van der Waals surface area contributed by atoms with E-state index >= 15 is 0 Å². The molecule has 4 nitrogen and oxygen atoms in total. The van der Waals surface area contributed by atoms with Crippen molar-refractivity contribution in [1.82, 2.24) is 0 Å². The molecule has 0 atom stereocenters. The van der Waals surface area contributed by atoms with Gasteiger partial charge in [-0.05, 0) is 44.7 Å². The maximum absolute atomic E-state index is 12.4. The van der Waals surface area contributed by atoms with Crippen LogP contribution in [-0.4, -0.2) is 24.6 Å². The van der Waals surface area contributed by atoms with Crippen LogP contribution in [0, 0.1) is 0 Å². The molecule has 0 aliphatic heterocycles. The van der Waals surface area contributed by atoms with Crippen molar-refractivity contribution in [3.8, 4) is 0 Å². The van der Waals surface area contributed by atoms with E-state index in [1.165, 1.54) is 6.42 Å². The van der Waals surface area contributed by atoms with E-state index in [0.29, 0.717) is 6.42 Å². The van der Waals surface area contributed by atoms with Crippen molar-refractivity contribution in [3.05, 3.63) is 47.5 Å². The third kappa shape index (κ3) is 5.23. The molecule has 0 bridgehead atoms. The highest BCUT2D eigenvalue weighted by Gasteiger charge is 2.23. The van der Waals surface area contributed by atoms with Crippen LogP contribution in [0.2, 0.25) is 0 Å². The molecule has 1 fully saturated rings. The van der Waals surface area contributed by atoms with E-state index in [2.05, 4.69) is 6.58 Å². The summed E-state index contributed by atoms with van der Waals surface area (Å²) in [5.41, 5.74) is 1.48. The molecule has 1 saturated carbocycles. The van der Waals surface area contributed by atoms with E-state index < -0.39 is 11.9 Å². The van der Waals surface area contributed by atoms with E-state index in [0.717, 1.165) is 31.3 Å². The first-order valence-electron chi connectivity index (χ1n) is 8.19. The number of carbonyl (C=O) groups is 2. The average Bonchev–Trinajstić information content (AvgIpc) is 2.55. The van der Waals surface area contributed by atoms with E-state index in [1.54, 1.807) is 24.3 Å². The average molecular weight is 316 g/mol. The van der Waals surface area contributed by atoms with Gasteiger partial charge in [0.05, 0.1) is 17.7 Å². The highest BCUT2D eigenvalue weighted by atomic mass is 16.5. The van der Waals surface area contributed by atoms with Gasteiger partial charge in [0.2, 0.25) is 0 Å². The molecular weight excluding hydrogens is 292 g/mol. The predicted molar refractivity (Wildman–Crippen MR) is 88.4 cm³/mol. The lowest BCUT2D eigenvalue weighted by molar-refractivity contribution is 0.0204. The van der Waals surface area contributed by atoms with Crippen LogP contribution in [0.25, 0.3) is 0 Å². The van der Waals surface area contributed by atoms with Gasteiger partial charge in [-0.2, -0.15) is 0 Å². The smallest absolute Gasteiger partial charge is 0.339 e. The Morgan fingerprint density at radius 2 is 1.70 bits per heavy atom. The largest absolute Gasteiger partial charge is 0.462 e. The fraction of sp³-hybridized carbons (Fsp3) is 0.474. The number of ether oxygens (including phenoxy) is 2. The summed E-state index contributed by atoms with van der Waals surface area (Å²) in [5.74, 6) is -0.938. The van der Waals surface area contributed by atoms with Gasteiger partial charge in [0.1, 0.15) is 6.10 Å². The first-order valence-corrected chi connectivity index (χ1v) is 8.19. The lowest BCUT2D eigenvalue weighted by atomic mass is 9.97. The van der Waals surface area contributed by atoms with Gasteiger partial charge in [0.25, 0.3) is 0 Å². The maximum Gasteiger partial charge on any atom is 0.339 e. The summed E-state index contributed by atoms with van der Waals surface area (Å²) in [7, 11) is 0. The number of esters is 2. The molecule has 0 spiro atoms. The first-order chi connectivity index (χ1) is 11.1. The monoisotopic (exact) mass is 316 g/mol. The van der Waals surface area contributed by atoms with E-state index in [4.69, 9.17) is 9.47 Å². The van der Waals surface area contributed by atoms with Crippen LogP contribution in [0.4, 0.5) is 0 Å². The molecule has 1 aromatic carbocycles. The van der Waals surface area contributed by atoms with Crippen molar-refractivity contribution in [1.29, 1.82) is 0 Å². The Labute approximate surface area is 137 Å². The molecule has 0 saturated heterocycles. The minimum absolute atomic E-state index is 0.0382. The van der Waals surface area contributed by atoms with Crippen LogP contribution in [-0.2, 0) is 9.47 Å².